The maximum Gasteiger partial charge on any atom is 0.573 e. The summed E-state index contributed by atoms with van der Waals surface area (Å²) in [5.74, 6) is -0.680. The molecule has 9 heteroatoms. The molecule has 0 aliphatic carbocycles. The molecule has 4 N–H and O–H groups in total. The van der Waals surface area contributed by atoms with Crippen LogP contribution in [0.3, 0.4) is 0 Å². The SMILES string of the molecule is Nc1ccc2c(c1)cc(C(=O)NCCCO)n2Cc1cccc(OC(F)(F)F)c1. The molecule has 0 fully saturated rings. The molecule has 1 aromatic heterocycles. The number of nitrogen functional groups attached to an aromatic ring is 1. The number of hydrogen-bond donors (Lipinski definition) is 3. The third-order valence-electron chi connectivity index (χ3n) is 4.25. The Kier molecular flexibility index (Phi) is 5.97. The van der Waals surface area contributed by atoms with E-state index in [1.54, 1.807) is 34.9 Å². The number of amides is 1. The number of nitrogens with zero attached hydrogens (tertiary/aromatic N) is 1. The summed E-state index contributed by atoms with van der Waals surface area (Å²) in [7, 11) is 0. The Balaban J connectivity index is 1.96. The first-order valence-electron chi connectivity index (χ1n) is 8.89. The van der Waals surface area contributed by atoms with Gasteiger partial charge in [0.2, 0.25) is 0 Å². The number of carbonyl (C=O) groups excluding carboxylic acids is 1. The number of nitrogens with one attached hydrogen (secondary N) is 1. The van der Waals surface area contributed by atoms with Gasteiger partial charge in [-0.3, -0.25) is 4.79 Å². The first kappa shape index (κ1) is 20.5. The third-order valence-corrected chi connectivity index (χ3v) is 4.25. The van der Waals surface area contributed by atoms with Gasteiger partial charge in [0.05, 0.1) is 0 Å². The van der Waals surface area contributed by atoms with E-state index in [0.29, 0.717) is 35.4 Å². The molecule has 2 aromatic carbocycles. The zero-order chi connectivity index (χ0) is 21.0. The lowest BCUT2D eigenvalue weighted by molar-refractivity contribution is -0.274. The lowest BCUT2D eigenvalue weighted by Gasteiger charge is -2.13. The molecule has 1 amide bonds. The van der Waals surface area contributed by atoms with E-state index >= 15 is 0 Å². The molecule has 29 heavy (non-hydrogen) atoms. The quantitative estimate of drug-likeness (QED) is 0.414. The summed E-state index contributed by atoms with van der Waals surface area (Å²) >= 11 is 0. The predicted octanol–water partition coefficient (Wildman–Crippen LogP) is 3.28. The maximum atomic E-state index is 12.6. The number of aliphatic hydroxyl groups is 1. The summed E-state index contributed by atoms with van der Waals surface area (Å²) in [5.41, 5.74) is 7.95. The van der Waals surface area contributed by atoms with Crippen molar-refractivity contribution in [3.63, 3.8) is 0 Å². The van der Waals surface area contributed by atoms with Gasteiger partial charge in [-0.1, -0.05) is 12.1 Å². The summed E-state index contributed by atoms with van der Waals surface area (Å²) in [6.45, 7) is 0.408. The maximum absolute atomic E-state index is 12.6. The van der Waals surface area contributed by atoms with E-state index in [1.807, 2.05) is 0 Å². The van der Waals surface area contributed by atoms with Crippen LogP contribution in [-0.2, 0) is 6.54 Å². The number of carbonyl (C=O) groups is 1. The number of rotatable bonds is 7. The number of benzene rings is 2. The van der Waals surface area contributed by atoms with Crippen molar-refractivity contribution in [3.05, 3.63) is 59.8 Å². The summed E-state index contributed by atoms with van der Waals surface area (Å²) in [6, 6.07) is 12.5. The Labute approximate surface area is 164 Å². The molecular weight excluding hydrogens is 387 g/mol. The van der Waals surface area contributed by atoms with Crippen molar-refractivity contribution in [1.29, 1.82) is 0 Å². The van der Waals surface area contributed by atoms with E-state index in [2.05, 4.69) is 10.1 Å². The molecule has 3 rings (SSSR count). The molecule has 0 spiro atoms. The first-order chi connectivity index (χ1) is 13.8. The molecule has 0 unspecified atom stereocenters. The van der Waals surface area contributed by atoms with Crippen LogP contribution in [0.5, 0.6) is 5.75 Å². The number of ether oxygens (including phenoxy) is 1. The Morgan fingerprint density at radius 3 is 2.69 bits per heavy atom. The highest BCUT2D eigenvalue weighted by molar-refractivity contribution is 5.99. The van der Waals surface area contributed by atoms with Crippen molar-refractivity contribution >= 4 is 22.5 Å². The fourth-order valence-corrected chi connectivity index (χ4v) is 3.04. The second-order valence-electron chi connectivity index (χ2n) is 6.46. The van der Waals surface area contributed by atoms with Crippen LogP contribution in [0.2, 0.25) is 0 Å². The van der Waals surface area contributed by atoms with Gasteiger partial charge < -0.3 is 25.5 Å². The van der Waals surface area contributed by atoms with Gasteiger partial charge in [0.15, 0.2) is 0 Å². The molecule has 154 valence electrons. The van der Waals surface area contributed by atoms with Crippen molar-refractivity contribution in [2.45, 2.75) is 19.3 Å². The second kappa shape index (κ2) is 8.44. The minimum absolute atomic E-state index is 0.0498. The van der Waals surface area contributed by atoms with E-state index < -0.39 is 6.36 Å². The minimum Gasteiger partial charge on any atom is -0.406 e. The van der Waals surface area contributed by atoms with Gasteiger partial charge in [0.25, 0.3) is 5.91 Å². The van der Waals surface area contributed by atoms with Gasteiger partial charge in [-0.2, -0.15) is 0 Å². The van der Waals surface area contributed by atoms with Gasteiger partial charge in [-0.05, 0) is 48.4 Å². The fraction of sp³-hybridized carbons (Fsp3) is 0.250. The van der Waals surface area contributed by atoms with Gasteiger partial charge in [0, 0.05) is 36.3 Å². The topological polar surface area (TPSA) is 89.5 Å². The lowest BCUT2D eigenvalue weighted by atomic mass is 10.2. The smallest absolute Gasteiger partial charge is 0.406 e. The molecule has 0 radical (unpaired) electrons. The number of fused-ring (bicyclic) bond motifs is 1. The minimum atomic E-state index is -4.78. The Hall–Kier alpha value is -3.20. The fourth-order valence-electron chi connectivity index (χ4n) is 3.04. The molecule has 0 aliphatic heterocycles. The van der Waals surface area contributed by atoms with Crippen LogP contribution in [-0.4, -0.2) is 35.1 Å². The van der Waals surface area contributed by atoms with Crippen LogP contribution in [0.1, 0.15) is 22.5 Å². The largest absolute Gasteiger partial charge is 0.573 e. The van der Waals surface area contributed by atoms with Crippen LogP contribution in [0, 0.1) is 0 Å². The molecule has 0 atom stereocenters. The standard InChI is InChI=1S/C20H20F3N3O3/c21-20(22,23)29-16-4-1-3-13(9-16)12-26-17-6-5-15(24)10-14(17)11-18(26)19(28)25-7-2-8-27/h1,3-6,9-11,27H,2,7-8,12,24H2,(H,25,28). The second-order valence-corrected chi connectivity index (χ2v) is 6.46. The number of aromatic nitrogens is 1. The van der Waals surface area contributed by atoms with Crippen molar-refractivity contribution in [2.24, 2.45) is 0 Å². The normalized spacial score (nSPS) is 11.6. The zero-order valence-electron chi connectivity index (χ0n) is 15.4. The summed E-state index contributed by atoms with van der Waals surface area (Å²) in [6.07, 6.45) is -4.37. The average molecular weight is 407 g/mol. The van der Waals surface area contributed by atoms with Crippen molar-refractivity contribution in [3.8, 4) is 5.75 Å². The van der Waals surface area contributed by atoms with Crippen LogP contribution in [0.4, 0.5) is 18.9 Å². The molecule has 3 aromatic rings. The van der Waals surface area contributed by atoms with Crippen molar-refractivity contribution in [1.82, 2.24) is 9.88 Å². The predicted molar refractivity (Wildman–Crippen MR) is 103 cm³/mol. The molecule has 0 saturated carbocycles. The number of aliphatic hydroxyl groups excluding tert-OH is 1. The Bertz CT molecular complexity index is 1020. The van der Waals surface area contributed by atoms with Crippen molar-refractivity contribution < 1.29 is 27.8 Å². The highest BCUT2D eigenvalue weighted by Crippen LogP contribution is 2.26. The van der Waals surface area contributed by atoms with Crippen LogP contribution in [0.25, 0.3) is 10.9 Å². The van der Waals surface area contributed by atoms with Crippen LogP contribution >= 0.6 is 0 Å². The van der Waals surface area contributed by atoms with Gasteiger partial charge in [-0.25, -0.2) is 0 Å². The van der Waals surface area contributed by atoms with Crippen LogP contribution < -0.4 is 15.8 Å². The third kappa shape index (κ3) is 5.20. The van der Waals surface area contributed by atoms with Gasteiger partial charge in [0.1, 0.15) is 11.4 Å². The number of anilines is 1. The van der Waals surface area contributed by atoms with E-state index in [4.69, 9.17) is 10.8 Å². The average Bonchev–Trinajstić information content (AvgIpc) is 2.98. The van der Waals surface area contributed by atoms with E-state index in [9.17, 15) is 18.0 Å². The zero-order valence-corrected chi connectivity index (χ0v) is 15.4. The summed E-state index contributed by atoms with van der Waals surface area (Å²) < 4.78 is 43.2. The van der Waals surface area contributed by atoms with Gasteiger partial charge >= 0.3 is 6.36 Å². The first-order valence-corrected chi connectivity index (χ1v) is 8.89. The van der Waals surface area contributed by atoms with Gasteiger partial charge in [-0.15, -0.1) is 13.2 Å². The number of hydrogen-bond acceptors (Lipinski definition) is 4. The Morgan fingerprint density at radius 1 is 1.17 bits per heavy atom. The Morgan fingerprint density at radius 2 is 1.97 bits per heavy atom. The lowest BCUT2D eigenvalue weighted by Crippen LogP contribution is -2.27. The summed E-state index contributed by atoms with van der Waals surface area (Å²) in [5, 5.41) is 12.3. The van der Waals surface area contributed by atoms with E-state index in [-0.39, 0.29) is 24.8 Å². The van der Waals surface area contributed by atoms with E-state index in [0.717, 1.165) is 5.39 Å². The molecule has 0 aliphatic rings. The number of halogens is 3. The van der Waals surface area contributed by atoms with Crippen LogP contribution in [0.15, 0.2) is 48.5 Å². The number of alkyl halides is 3. The molecule has 6 nitrogen and oxygen atoms in total. The molecular formula is C20H20F3N3O3. The van der Waals surface area contributed by atoms with Crippen molar-refractivity contribution in [2.75, 3.05) is 18.9 Å². The molecule has 1 heterocycles. The molecule has 0 saturated heterocycles. The highest BCUT2D eigenvalue weighted by atomic mass is 19.4. The highest BCUT2D eigenvalue weighted by Gasteiger charge is 2.31. The summed E-state index contributed by atoms with van der Waals surface area (Å²) in [4.78, 5) is 12.6. The monoisotopic (exact) mass is 407 g/mol. The number of nitrogens with two attached hydrogens (primary N) is 1. The van der Waals surface area contributed by atoms with E-state index in [1.165, 1.54) is 18.2 Å². The molecule has 0 bridgehead atoms.